The highest BCUT2D eigenvalue weighted by atomic mass is 19.1. The van der Waals surface area contributed by atoms with E-state index in [-0.39, 0.29) is 11.7 Å². The molecular formula is C13H16FNO. The van der Waals surface area contributed by atoms with Gasteiger partial charge >= 0.3 is 0 Å². The van der Waals surface area contributed by atoms with Crippen LogP contribution in [0.3, 0.4) is 0 Å². The van der Waals surface area contributed by atoms with E-state index >= 15 is 0 Å². The lowest BCUT2D eigenvalue weighted by atomic mass is 9.69. The molecule has 2 nitrogen and oxygen atoms in total. The molecule has 0 spiro atoms. The molecule has 0 radical (unpaired) electrons. The van der Waals surface area contributed by atoms with Crippen LogP contribution in [-0.2, 0) is 10.2 Å². The van der Waals surface area contributed by atoms with Crippen LogP contribution in [0.4, 0.5) is 4.39 Å². The van der Waals surface area contributed by atoms with E-state index in [1.807, 2.05) is 26.8 Å². The minimum absolute atomic E-state index is 0.0178. The molecule has 1 N–H and O–H groups in total. The number of carbonyl (C=O) groups is 1. The Kier molecular flexibility index (Phi) is 2.30. The summed E-state index contributed by atoms with van der Waals surface area (Å²) in [6.07, 6.45) is 0.334. The molecule has 1 atom stereocenters. The van der Waals surface area contributed by atoms with E-state index in [4.69, 9.17) is 0 Å². The molecule has 16 heavy (non-hydrogen) atoms. The molecule has 2 rings (SSSR count). The molecule has 1 heterocycles. The maximum Gasteiger partial charge on any atom is 0.221 e. The number of carbonyl (C=O) groups excluding carboxylic acids is 1. The van der Waals surface area contributed by atoms with Crippen molar-refractivity contribution in [1.82, 2.24) is 5.32 Å². The number of amides is 1. The summed E-state index contributed by atoms with van der Waals surface area (Å²) in [6, 6.07) is 6.68. The highest BCUT2D eigenvalue weighted by Gasteiger charge is 2.51. The van der Waals surface area contributed by atoms with Crippen molar-refractivity contribution in [2.75, 3.05) is 0 Å². The molecule has 1 amide bonds. The maximum atomic E-state index is 13.8. The average molecular weight is 221 g/mol. The maximum absolute atomic E-state index is 13.8. The van der Waals surface area contributed by atoms with E-state index in [1.165, 1.54) is 6.07 Å². The van der Waals surface area contributed by atoms with Crippen molar-refractivity contribution in [3.8, 4) is 0 Å². The molecule has 1 aliphatic rings. The van der Waals surface area contributed by atoms with Gasteiger partial charge < -0.3 is 5.32 Å². The van der Waals surface area contributed by atoms with E-state index in [0.29, 0.717) is 12.0 Å². The zero-order valence-corrected chi connectivity index (χ0v) is 9.80. The van der Waals surface area contributed by atoms with Gasteiger partial charge in [-0.25, -0.2) is 4.39 Å². The Morgan fingerprint density at radius 2 is 1.88 bits per heavy atom. The Morgan fingerprint density at radius 1 is 1.25 bits per heavy atom. The molecule has 1 aliphatic heterocycles. The van der Waals surface area contributed by atoms with Crippen LogP contribution < -0.4 is 5.32 Å². The van der Waals surface area contributed by atoms with Gasteiger partial charge in [0.2, 0.25) is 5.91 Å². The van der Waals surface area contributed by atoms with Gasteiger partial charge in [0.1, 0.15) is 5.82 Å². The zero-order valence-electron chi connectivity index (χ0n) is 9.80. The molecule has 0 aromatic heterocycles. The second-order valence-electron chi connectivity index (χ2n) is 5.16. The number of nitrogens with one attached hydrogen (secondary N) is 1. The first-order valence-corrected chi connectivity index (χ1v) is 5.43. The summed E-state index contributed by atoms with van der Waals surface area (Å²) in [5.74, 6) is -0.259. The Hall–Kier alpha value is -1.38. The molecule has 1 unspecified atom stereocenters. The van der Waals surface area contributed by atoms with Gasteiger partial charge in [-0.05, 0) is 25.5 Å². The fraction of sp³-hybridized carbons (Fsp3) is 0.462. The minimum Gasteiger partial charge on any atom is -0.350 e. The lowest BCUT2D eigenvalue weighted by Gasteiger charge is -2.37. The second kappa shape index (κ2) is 3.30. The third-order valence-electron chi connectivity index (χ3n) is 3.81. The lowest BCUT2D eigenvalue weighted by Crippen LogP contribution is -2.48. The summed E-state index contributed by atoms with van der Waals surface area (Å²) in [5.41, 5.74) is -0.305. The molecule has 86 valence electrons. The number of hydrogen-bond donors (Lipinski definition) is 1. The number of halogens is 1. The van der Waals surface area contributed by atoms with Crippen molar-refractivity contribution >= 4 is 5.91 Å². The van der Waals surface area contributed by atoms with Crippen molar-refractivity contribution in [2.24, 2.45) is 0 Å². The molecule has 1 aromatic carbocycles. The van der Waals surface area contributed by atoms with Crippen LogP contribution in [0, 0.1) is 5.82 Å². The van der Waals surface area contributed by atoms with E-state index in [9.17, 15) is 9.18 Å². The van der Waals surface area contributed by atoms with Gasteiger partial charge in [-0.3, -0.25) is 4.79 Å². The van der Waals surface area contributed by atoms with Gasteiger partial charge in [0.05, 0.1) is 0 Å². The van der Waals surface area contributed by atoms with Gasteiger partial charge in [0.25, 0.3) is 0 Å². The van der Waals surface area contributed by atoms with Gasteiger partial charge in [-0.15, -0.1) is 0 Å². The molecule has 3 heteroatoms. The van der Waals surface area contributed by atoms with Crippen molar-refractivity contribution in [3.63, 3.8) is 0 Å². The third-order valence-corrected chi connectivity index (χ3v) is 3.81. The molecule has 1 fully saturated rings. The topological polar surface area (TPSA) is 29.1 Å². The smallest absolute Gasteiger partial charge is 0.221 e. The number of hydrogen-bond acceptors (Lipinski definition) is 1. The number of benzene rings is 1. The molecule has 1 saturated heterocycles. The van der Waals surface area contributed by atoms with Crippen LogP contribution >= 0.6 is 0 Å². The van der Waals surface area contributed by atoms with Crippen molar-refractivity contribution in [1.29, 1.82) is 0 Å². The number of rotatable bonds is 1. The van der Waals surface area contributed by atoms with Crippen molar-refractivity contribution in [2.45, 2.75) is 38.1 Å². The van der Waals surface area contributed by atoms with Crippen molar-refractivity contribution < 1.29 is 9.18 Å². The fourth-order valence-electron chi connectivity index (χ4n) is 2.41. The Balaban J connectivity index is 2.55. The zero-order chi connectivity index (χ0) is 12.0. The molecule has 0 saturated carbocycles. The van der Waals surface area contributed by atoms with Crippen molar-refractivity contribution in [3.05, 3.63) is 35.6 Å². The van der Waals surface area contributed by atoms with E-state index < -0.39 is 11.0 Å². The molecule has 0 bridgehead atoms. The average Bonchev–Trinajstić information content (AvgIpc) is 2.36. The van der Waals surface area contributed by atoms with Crippen LogP contribution in [0.5, 0.6) is 0 Å². The highest BCUT2D eigenvalue weighted by molar-refractivity contribution is 5.82. The van der Waals surface area contributed by atoms with E-state index in [2.05, 4.69) is 5.32 Å². The summed E-state index contributed by atoms with van der Waals surface area (Å²) in [5, 5.41) is 2.90. The summed E-state index contributed by atoms with van der Waals surface area (Å²) >= 11 is 0. The largest absolute Gasteiger partial charge is 0.350 e. The minimum atomic E-state index is -0.491. The molecule has 1 aromatic rings. The van der Waals surface area contributed by atoms with Crippen LogP contribution in [0.1, 0.15) is 32.8 Å². The standard InChI is InChI=1S/C13H16FNO/c1-12(2)13(3,8-11(16)15-12)9-6-4-5-7-10(9)14/h4-7H,8H2,1-3H3,(H,15,16). The predicted octanol–water partition coefficient (Wildman–Crippen LogP) is 2.38. The van der Waals surface area contributed by atoms with Gasteiger partial charge in [-0.2, -0.15) is 0 Å². The first kappa shape index (κ1) is 11.1. The monoisotopic (exact) mass is 221 g/mol. The first-order valence-electron chi connectivity index (χ1n) is 5.43. The Bertz CT molecular complexity index is 441. The normalized spacial score (nSPS) is 27.9. The van der Waals surface area contributed by atoms with Crippen LogP contribution in [-0.4, -0.2) is 11.4 Å². The lowest BCUT2D eigenvalue weighted by molar-refractivity contribution is -0.119. The quantitative estimate of drug-likeness (QED) is 0.775. The van der Waals surface area contributed by atoms with Crippen LogP contribution in [0.2, 0.25) is 0 Å². The summed E-state index contributed by atoms with van der Waals surface area (Å²) < 4.78 is 13.8. The SMILES string of the molecule is CC1(C)NC(=O)CC1(C)c1ccccc1F. The summed E-state index contributed by atoms with van der Waals surface area (Å²) in [7, 11) is 0. The second-order valence-corrected chi connectivity index (χ2v) is 5.16. The van der Waals surface area contributed by atoms with Crippen LogP contribution in [0.15, 0.2) is 24.3 Å². The fourth-order valence-corrected chi connectivity index (χ4v) is 2.41. The Morgan fingerprint density at radius 3 is 2.38 bits per heavy atom. The first-order chi connectivity index (χ1) is 7.37. The highest BCUT2D eigenvalue weighted by Crippen LogP contribution is 2.43. The van der Waals surface area contributed by atoms with Crippen LogP contribution in [0.25, 0.3) is 0 Å². The third kappa shape index (κ3) is 1.42. The van der Waals surface area contributed by atoms with Gasteiger partial charge in [0, 0.05) is 17.4 Å². The van der Waals surface area contributed by atoms with E-state index in [0.717, 1.165) is 0 Å². The Labute approximate surface area is 94.9 Å². The summed E-state index contributed by atoms with van der Waals surface area (Å²) in [4.78, 5) is 11.5. The van der Waals surface area contributed by atoms with Gasteiger partial charge in [-0.1, -0.05) is 25.1 Å². The summed E-state index contributed by atoms with van der Waals surface area (Å²) in [6.45, 7) is 5.80. The van der Waals surface area contributed by atoms with Gasteiger partial charge in [0.15, 0.2) is 0 Å². The molecule has 0 aliphatic carbocycles. The van der Waals surface area contributed by atoms with E-state index in [1.54, 1.807) is 12.1 Å². The predicted molar refractivity (Wildman–Crippen MR) is 60.6 cm³/mol. The molecular weight excluding hydrogens is 205 g/mol.